The third-order valence-corrected chi connectivity index (χ3v) is 3.40. The monoisotopic (exact) mass is 226 g/mol. The lowest BCUT2D eigenvalue weighted by Crippen LogP contribution is -2.45. The van der Waals surface area contributed by atoms with Crippen LogP contribution in [-0.4, -0.2) is 42.3 Å². The first-order valence-electron chi connectivity index (χ1n) is 5.54. The summed E-state index contributed by atoms with van der Waals surface area (Å²) in [7, 11) is 0. The van der Waals surface area contributed by atoms with Crippen LogP contribution in [0, 0.1) is 5.92 Å². The largest absolute Gasteiger partial charge is 0.481 e. The Morgan fingerprint density at radius 3 is 2.75 bits per heavy atom. The van der Waals surface area contributed by atoms with Crippen molar-refractivity contribution in [3.05, 3.63) is 12.2 Å². The molecule has 16 heavy (non-hydrogen) atoms. The second-order valence-corrected chi connectivity index (χ2v) is 4.47. The molecule has 2 fully saturated rings. The Bertz CT molecular complexity index is 333. The van der Waals surface area contributed by atoms with Gasteiger partial charge in [-0.3, -0.25) is 4.79 Å². The second-order valence-electron chi connectivity index (χ2n) is 4.47. The molecule has 0 aromatic carbocycles. The van der Waals surface area contributed by atoms with Crippen LogP contribution in [-0.2, 0) is 19.0 Å². The average molecular weight is 226 g/mol. The van der Waals surface area contributed by atoms with E-state index in [4.69, 9.17) is 19.3 Å². The number of carbonyl (C=O) groups is 1. The maximum Gasteiger partial charge on any atom is 0.309 e. The van der Waals surface area contributed by atoms with E-state index in [0.29, 0.717) is 19.6 Å². The molecule has 88 valence electrons. The van der Waals surface area contributed by atoms with E-state index < -0.39 is 23.8 Å². The van der Waals surface area contributed by atoms with E-state index in [-0.39, 0.29) is 6.10 Å². The molecule has 1 N–H and O–H groups in total. The Morgan fingerprint density at radius 2 is 2.12 bits per heavy atom. The Labute approximate surface area is 93.0 Å². The van der Waals surface area contributed by atoms with E-state index >= 15 is 0 Å². The quantitative estimate of drug-likeness (QED) is 0.696. The van der Waals surface area contributed by atoms with Crippen molar-refractivity contribution >= 4 is 5.97 Å². The van der Waals surface area contributed by atoms with Gasteiger partial charge in [-0.1, -0.05) is 6.08 Å². The highest BCUT2D eigenvalue weighted by atomic mass is 16.7. The number of rotatable bonds is 2. The highest BCUT2D eigenvalue weighted by molar-refractivity contribution is 5.72. The second kappa shape index (κ2) is 3.55. The zero-order valence-corrected chi connectivity index (χ0v) is 8.80. The number of hydrogen-bond donors (Lipinski definition) is 1. The van der Waals surface area contributed by atoms with Crippen molar-refractivity contribution < 1.29 is 24.1 Å². The Kier molecular flexibility index (Phi) is 2.27. The van der Waals surface area contributed by atoms with E-state index in [1.54, 1.807) is 0 Å². The molecular formula is C11H14O5. The molecule has 0 spiro atoms. The van der Waals surface area contributed by atoms with E-state index in [0.717, 1.165) is 6.42 Å². The van der Waals surface area contributed by atoms with Gasteiger partial charge in [0.15, 0.2) is 6.29 Å². The van der Waals surface area contributed by atoms with Gasteiger partial charge in [-0.05, 0) is 12.5 Å². The fraction of sp³-hybridized carbons (Fsp3) is 0.727. The Balaban J connectivity index is 1.80. The first-order valence-corrected chi connectivity index (χ1v) is 5.54. The summed E-state index contributed by atoms with van der Waals surface area (Å²) in [6.07, 6.45) is 4.24. The zero-order valence-electron chi connectivity index (χ0n) is 8.80. The van der Waals surface area contributed by atoms with Crippen LogP contribution in [0.2, 0.25) is 0 Å². The highest BCUT2D eigenvalue weighted by Gasteiger charge is 2.56. The molecule has 3 rings (SSSR count). The summed E-state index contributed by atoms with van der Waals surface area (Å²) in [6, 6.07) is 0. The number of hydrogen-bond acceptors (Lipinski definition) is 4. The van der Waals surface area contributed by atoms with Crippen molar-refractivity contribution in [1.29, 1.82) is 0 Å². The van der Waals surface area contributed by atoms with Gasteiger partial charge in [0, 0.05) is 6.42 Å². The number of ether oxygens (including phenoxy) is 3. The van der Waals surface area contributed by atoms with Gasteiger partial charge in [0.2, 0.25) is 0 Å². The molecule has 0 amide bonds. The number of carboxylic acid groups (broad SMARTS) is 1. The molecule has 3 aliphatic heterocycles. The van der Waals surface area contributed by atoms with E-state index in [1.165, 1.54) is 0 Å². The molecule has 0 aliphatic carbocycles. The predicted molar refractivity (Wildman–Crippen MR) is 52.8 cm³/mol. The van der Waals surface area contributed by atoms with Crippen LogP contribution < -0.4 is 0 Å². The molecule has 0 aromatic heterocycles. The molecule has 5 nitrogen and oxygen atoms in total. The molecule has 0 aromatic rings. The molecule has 3 aliphatic rings. The molecule has 0 saturated carbocycles. The van der Waals surface area contributed by atoms with Crippen molar-refractivity contribution in [2.24, 2.45) is 5.92 Å². The van der Waals surface area contributed by atoms with Crippen molar-refractivity contribution in [3.63, 3.8) is 0 Å². The molecule has 0 radical (unpaired) electrons. The van der Waals surface area contributed by atoms with Crippen molar-refractivity contribution in [2.45, 2.75) is 30.8 Å². The van der Waals surface area contributed by atoms with Gasteiger partial charge in [0.05, 0.1) is 25.2 Å². The fourth-order valence-corrected chi connectivity index (χ4v) is 2.61. The minimum Gasteiger partial charge on any atom is -0.481 e. The van der Waals surface area contributed by atoms with Gasteiger partial charge in [-0.2, -0.15) is 0 Å². The van der Waals surface area contributed by atoms with Gasteiger partial charge < -0.3 is 19.3 Å². The van der Waals surface area contributed by atoms with Crippen molar-refractivity contribution in [3.8, 4) is 0 Å². The topological polar surface area (TPSA) is 65.0 Å². The van der Waals surface area contributed by atoms with E-state index in [1.807, 2.05) is 12.2 Å². The summed E-state index contributed by atoms with van der Waals surface area (Å²) in [5, 5.41) is 9.05. The van der Waals surface area contributed by atoms with Crippen LogP contribution in [0.1, 0.15) is 12.8 Å². The van der Waals surface area contributed by atoms with Gasteiger partial charge in [0.1, 0.15) is 5.60 Å². The smallest absolute Gasteiger partial charge is 0.309 e. The molecule has 5 heteroatoms. The van der Waals surface area contributed by atoms with Crippen molar-refractivity contribution in [1.82, 2.24) is 0 Å². The zero-order chi connectivity index (χ0) is 11.2. The summed E-state index contributed by atoms with van der Waals surface area (Å²) in [5.74, 6) is -1.29. The summed E-state index contributed by atoms with van der Waals surface area (Å²) in [4.78, 5) is 11.0. The summed E-state index contributed by atoms with van der Waals surface area (Å²) >= 11 is 0. The van der Waals surface area contributed by atoms with Crippen LogP contribution in [0.15, 0.2) is 12.2 Å². The van der Waals surface area contributed by atoms with Gasteiger partial charge in [0.25, 0.3) is 0 Å². The summed E-state index contributed by atoms with van der Waals surface area (Å²) in [5.41, 5.74) is -0.672. The minimum atomic E-state index is -0.813. The lowest BCUT2D eigenvalue weighted by atomic mass is 9.86. The van der Waals surface area contributed by atoms with E-state index in [2.05, 4.69) is 0 Å². The summed E-state index contributed by atoms with van der Waals surface area (Å²) < 4.78 is 16.8. The summed E-state index contributed by atoms with van der Waals surface area (Å²) in [6.45, 7) is 1.29. The molecule has 3 heterocycles. The first-order chi connectivity index (χ1) is 7.71. The van der Waals surface area contributed by atoms with Crippen LogP contribution in [0.5, 0.6) is 0 Å². The lowest BCUT2D eigenvalue weighted by molar-refractivity contribution is -0.248. The predicted octanol–water partition coefficient (Wildman–Crippen LogP) is 0.548. The number of fused-ring (bicyclic) bond motifs is 2. The fourth-order valence-electron chi connectivity index (χ4n) is 2.61. The van der Waals surface area contributed by atoms with E-state index in [9.17, 15) is 4.79 Å². The van der Waals surface area contributed by atoms with Crippen LogP contribution >= 0.6 is 0 Å². The van der Waals surface area contributed by atoms with Gasteiger partial charge >= 0.3 is 5.97 Å². The SMILES string of the molecule is O=C(O)C1CC2(C3OCCCO3)C=CC1O2. The first kappa shape index (κ1) is 10.3. The van der Waals surface area contributed by atoms with Gasteiger partial charge in [-0.15, -0.1) is 0 Å². The number of carboxylic acids is 1. The Morgan fingerprint density at radius 1 is 1.38 bits per heavy atom. The molecule has 3 atom stereocenters. The standard InChI is InChI=1S/C11H14O5/c12-9(13)7-6-11(3-2-8(7)16-11)10-14-4-1-5-15-10/h2-3,7-8,10H,1,4-6H2,(H,12,13). The highest BCUT2D eigenvalue weighted by Crippen LogP contribution is 2.46. The van der Waals surface area contributed by atoms with Crippen molar-refractivity contribution in [2.75, 3.05) is 13.2 Å². The Hall–Kier alpha value is -0.910. The molecule has 2 bridgehead atoms. The third kappa shape index (κ3) is 1.39. The lowest BCUT2D eigenvalue weighted by Gasteiger charge is -2.35. The number of aliphatic carboxylic acids is 1. The maximum atomic E-state index is 11.0. The molecule has 3 unspecified atom stereocenters. The maximum absolute atomic E-state index is 11.0. The van der Waals surface area contributed by atoms with Crippen LogP contribution in [0.4, 0.5) is 0 Å². The minimum absolute atomic E-state index is 0.327. The van der Waals surface area contributed by atoms with Crippen LogP contribution in [0.25, 0.3) is 0 Å². The molecule has 2 saturated heterocycles. The normalized spacial score (nSPS) is 42.8. The molecular weight excluding hydrogens is 212 g/mol. The third-order valence-electron chi connectivity index (χ3n) is 3.40. The van der Waals surface area contributed by atoms with Crippen LogP contribution in [0.3, 0.4) is 0 Å². The van der Waals surface area contributed by atoms with Gasteiger partial charge in [-0.25, -0.2) is 0 Å². The average Bonchev–Trinajstić information content (AvgIpc) is 2.89.